The molecule has 0 spiro atoms. The van der Waals surface area contributed by atoms with Crippen LogP contribution in [-0.4, -0.2) is 41.8 Å². The number of carbonyl (C=O) groups is 3. The lowest BCUT2D eigenvalue weighted by atomic mass is 9.83. The molecule has 1 fully saturated rings. The van der Waals surface area contributed by atoms with E-state index in [1.54, 1.807) is 62.8 Å². The van der Waals surface area contributed by atoms with E-state index in [1.165, 1.54) is 21.2 Å². The van der Waals surface area contributed by atoms with Crippen LogP contribution in [0.4, 0.5) is 11.4 Å². The highest BCUT2D eigenvalue weighted by molar-refractivity contribution is 8.00. The van der Waals surface area contributed by atoms with Crippen molar-refractivity contribution in [1.82, 2.24) is 4.57 Å². The Kier molecular flexibility index (Phi) is 7.38. The standard InChI is InChI=1S/C31H27N3O6S2/c1-17-4-10-20(11-5-17)34-28(36)25-24(18-6-12-21(39-2)13-7-18)27-30(41-26(25)29(34)37)33(31(38)42-27)16-23(35)32-19-8-14-22(40-3)15-9-19/h4-15,24-26H,16H2,1-3H3,(H,32,35)/t24-,25-,26+/m0/s1. The Balaban J connectivity index is 1.38. The van der Waals surface area contributed by atoms with Crippen molar-refractivity contribution in [2.24, 2.45) is 5.92 Å². The molecule has 1 saturated heterocycles. The van der Waals surface area contributed by atoms with Gasteiger partial charge in [-0.2, -0.15) is 0 Å². The van der Waals surface area contributed by atoms with E-state index in [0.717, 1.165) is 22.5 Å². The number of imide groups is 1. The van der Waals surface area contributed by atoms with E-state index in [0.29, 0.717) is 32.8 Å². The third-order valence-electron chi connectivity index (χ3n) is 7.49. The molecule has 1 aromatic heterocycles. The van der Waals surface area contributed by atoms with Crippen LogP contribution in [0.3, 0.4) is 0 Å². The lowest BCUT2D eigenvalue weighted by Gasteiger charge is -2.30. The van der Waals surface area contributed by atoms with Crippen LogP contribution in [0, 0.1) is 12.8 Å². The second-order valence-electron chi connectivity index (χ2n) is 10.1. The molecule has 3 atom stereocenters. The number of hydrogen-bond acceptors (Lipinski definition) is 8. The number of thioether (sulfide) groups is 1. The monoisotopic (exact) mass is 601 g/mol. The molecule has 11 heteroatoms. The minimum atomic E-state index is -0.761. The first-order valence-corrected chi connectivity index (χ1v) is 14.9. The van der Waals surface area contributed by atoms with Crippen LogP contribution in [0.15, 0.2) is 82.6 Å². The molecule has 4 aromatic rings. The van der Waals surface area contributed by atoms with Gasteiger partial charge < -0.3 is 14.8 Å². The fraction of sp³-hybridized carbons (Fsp3) is 0.226. The second kappa shape index (κ2) is 11.1. The number of hydrogen-bond donors (Lipinski definition) is 1. The van der Waals surface area contributed by atoms with E-state index < -0.39 is 17.1 Å². The number of benzene rings is 3. The molecule has 3 amide bonds. The first-order chi connectivity index (χ1) is 20.3. The van der Waals surface area contributed by atoms with Gasteiger partial charge in [-0.15, -0.1) is 0 Å². The summed E-state index contributed by atoms with van der Waals surface area (Å²) in [5.74, 6) is -0.995. The van der Waals surface area contributed by atoms with Crippen LogP contribution < -0.4 is 24.6 Å². The van der Waals surface area contributed by atoms with Crippen LogP contribution in [-0.2, 0) is 20.9 Å². The SMILES string of the molecule is COc1ccc(NC(=O)Cn2c3c(sc2=O)[C@@H](c2ccc(OC)cc2)[C@@H]2C(=O)N(c4ccc(C)cc4)C(=O)[C@@H]2S3)cc1. The Morgan fingerprint density at radius 3 is 2.10 bits per heavy atom. The number of nitrogens with zero attached hydrogens (tertiary/aromatic N) is 2. The number of aromatic nitrogens is 1. The molecule has 1 N–H and O–H groups in total. The molecule has 0 radical (unpaired) electrons. The van der Waals surface area contributed by atoms with Crippen LogP contribution in [0.5, 0.6) is 11.5 Å². The van der Waals surface area contributed by atoms with Crippen molar-refractivity contribution in [2.75, 3.05) is 24.4 Å². The summed E-state index contributed by atoms with van der Waals surface area (Å²) in [6.07, 6.45) is 0. The van der Waals surface area contributed by atoms with Gasteiger partial charge in [0, 0.05) is 16.5 Å². The van der Waals surface area contributed by atoms with E-state index in [4.69, 9.17) is 9.47 Å². The summed E-state index contributed by atoms with van der Waals surface area (Å²) >= 11 is 2.20. The van der Waals surface area contributed by atoms with Gasteiger partial charge >= 0.3 is 4.87 Å². The summed E-state index contributed by atoms with van der Waals surface area (Å²) in [6.45, 7) is 1.70. The Hall–Kier alpha value is -4.35. The second-order valence-corrected chi connectivity index (χ2v) is 12.2. The van der Waals surface area contributed by atoms with Crippen molar-refractivity contribution < 1.29 is 23.9 Å². The summed E-state index contributed by atoms with van der Waals surface area (Å²) in [5, 5.41) is 2.58. The zero-order chi connectivity index (χ0) is 29.5. The van der Waals surface area contributed by atoms with Gasteiger partial charge in [0.05, 0.1) is 30.9 Å². The average Bonchev–Trinajstić information content (AvgIpc) is 3.44. The van der Waals surface area contributed by atoms with E-state index in [1.807, 2.05) is 31.2 Å². The van der Waals surface area contributed by atoms with Gasteiger partial charge in [-0.05, 0) is 61.0 Å². The van der Waals surface area contributed by atoms with Crippen LogP contribution in [0.2, 0.25) is 0 Å². The molecular formula is C31H27N3O6S2. The molecule has 2 aliphatic heterocycles. The van der Waals surface area contributed by atoms with Crippen molar-refractivity contribution in [3.8, 4) is 11.5 Å². The fourth-order valence-corrected chi connectivity index (χ4v) is 8.17. The maximum Gasteiger partial charge on any atom is 0.308 e. The number of fused-ring (bicyclic) bond motifs is 2. The Labute approximate surface area is 250 Å². The third-order valence-corrected chi connectivity index (χ3v) is 10.1. The Morgan fingerprint density at radius 2 is 1.48 bits per heavy atom. The highest BCUT2D eigenvalue weighted by atomic mass is 32.2. The van der Waals surface area contributed by atoms with Gasteiger partial charge in [-0.1, -0.05) is 52.9 Å². The molecule has 9 nitrogen and oxygen atoms in total. The first kappa shape index (κ1) is 27.8. The summed E-state index contributed by atoms with van der Waals surface area (Å²) in [5.41, 5.74) is 2.88. The summed E-state index contributed by atoms with van der Waals surface area (Å²) < 4.78 is 11.9. The lowest BCUT2D eigenvalue weighted by molar-refractivity contribution is -0.122. The molecular weight excluding hydrogens is 574 g/mol. The minimum Gasteiger partial charge on any atom is -0.497 e. The van der Waals surface area contributed by atoms with Crippen LogP contribution in [0.1, 0.15) is 21.9 Å². The van der Waals surface area contributed by atoms with Gasteiger partial charge in [0.15, 0.2) is 0 Å². The number of methoxy groups -OCH3 is 2. The minimum absolute atomic E-state index is 0.236. The third kappa shape index (κ3) is 4.88. The van der Waals surface area contributed by atoms with Crippen LogP contribution >= 0.6 is 23.1 Å². The molecule has 6 rings (SSSR count). The van der Waals surface area contributed by atoms with Crippen molar-refractivity contribution in [2.45, 2.75) is 29.7 Å². The molecule has 0 saturated carbocycles. The van der Waals surface area contributed by atoms with Crippen molar-refractivity contribution >= 4 is 52.2 Å². The highest BCUT2D eigenvalue weighted by Gasteiger charge is 2.56. The topological polar surface area (TPSA) is 107 Å². The van der Waals surface area contributed by atoms with Crippen molar-refractivity contribution in [3.05, 3.63) is 98.5 Å². The van der Waals surface area contributed by atoms with E-state index in [-0.39, 0.29) is 29.1 Å². The predicted molar refractivity (Wildman–Crippen MR) is 162 cm³/mol. The zero-order valence-electron chi connectivity index (χ0n) is 23.0. The zero-order valence-corrected chi connectivity index (χ0v) is 24.7. The number of amides is 3. The molecule has 214 valence electrons. The number of carbonyl (C=O) groups excluding carboxylic acids is 3. The number of anilines is 2. The van der Waals surface area contributed by atoms with E-state index in [9.17, 15) is 19.2 Å². The smallest absolute Gasteiger partial charge is 0.308 e. The Bertz CT molecular complexity index is 1730. The lowest BCUT2D eigenvalue weighted by Crippen LogP contribution is -2.33. The molecule has 0 unspecified atom stereocenters. The first-order valence-electron chi connectivity index (χ1n) is 13.2. The molecule has 3 heterocycles. The highest BCUT2D eigenvalue weighted by Crippen LogP contribution is 2.54. The van der Waals surface area contributed by atoms with Gasteiger partial charge in [0.2, 0.25) is 17.7 Å². The molecule has 0 aliphatic carbocycles. The number of ether oxygens (including phenoxy) is 2. The van der Waals surface area contributed by atoms with Crippen molar-refractivity contribution in [1.29, 1.82) is 0 Å². The van der Waals surface area contributed by atoms with Gasteiger partial charge in [0.25, 0.3) is 0 Å². The maximum atomic E-state index is 14.0. The molecule has 0 bridgehead atoms. The van der Waals surface area contributed by atoms with E-state index in [2.05, 4.69) is 5.32 Å². The molecule has 42 heavy (non-hydrogen) atoms. The average molecular weight is 602 g/mol. The van der Waals surface area contributed by atoms with Gasteiger partial charge in [0.1, 0.15) is 23.3 Å². The molecule has 3 aromatic carbocycles. The Morgan fingerprint density at radius 1 is 0.857 bits per heavy atom. The summed E-state index contributed by atoms with van der Waals surface area (Å²) in [6, 6.07) is 21.5. The predicted octanol–water partition coefficient (Wildman–Crippen LogP) is 4.67. The van der Waals surface area contributed by atoms with Crippen LogP contribution in [0.25, 0.3) is 0 Å². The number of rotatable bonds is 7. The maximum absolute atomic E-state index is 14.0. The largest absolute Gasteiger partial charge is 0.497 e. The number of nitrogens with one attached hydrogen (secondary N) is 1. The van der Waals surface area contributed by atoms with Gasteiger partial charge in [-0.25, -0.2) is 4.90 Å². The number of thiazole rings is 1. The summed E-state index contributed by atoms with van der Waals surface area (Å²) in [7, 11) is 3.13. The number of aryl methyl sites for hydroxylation is 1. The quantitative estimate of drug-likeness (QED) is 0.307. The van der Waals surface area contributed by atoms with Gasteiger partial charge in [-0.3, -0.25) is 23.7 Å². The normalized spacial score (nSPS) is 19.3. The fourth-order valence-electron chi connectivity index (χ4n) is 5.39. The summed E-state index contributed by atoms with van der Waals surface area (Å²) in [4.78, 5) is 55.8. The molecule has 2 aliphatic rings. The van der Waals surface area contributed by atoms with Crippen molar-refractivity contribution in [3.63, 3.8) is 0 Å². The van der Waals surface area contributed by atoms with E-state index >= 15 is 0 Å².